The van der Waals surface area contributed by atoms with Gasteiger partial charge in [0.05, 0.1) is 16.5 Å². The van der Waals surface area contributed by atoms with Crippen LogP contribution >= 0.6 is 0 Å². The third-order valence-electron chi connectivity index (χ3n) is 7.58. The fourth-order valence-corrected chi connectivity index (χ4v) is 5.48. The van der Waals surface area contributed by atoms with Gasteiger partial charge in [-0.05, 0) is 59.7 Å². The predicted octanol–water partition coefficient (Wildman–Crippen LogP) is 6.96. The van der Waals surface area contributed by atoms with Crippen molar-refractivity contribution >= 4 is 22.9 Å². The van der Waals surface area contributed by atoms with Gasteiger partial charge in [-0.1, -0.05) is 98.8 Å². The Labute approximate surface area is 245 Å². The van der Waals surface area contributed by atoms with Crippen LogP contribution in [-0.4, -0.2) is 21.4 Å². The fourth-order valence-electron chi connectivity index (χ4n) is 5.48. The zero-order valence-electron chi connectivity index (χ0n) is 24.3. The van der Waals surface area contributed by atoms with Gasteiger partial charge in [-0.3, -0.25) is 9.48 Å². The van der Waals surface area contributed by atoms with Crippen LogP contribution in [0.25, 0.3) is 10.9 Å². The first kappa shape index (κ1) is 28.6. The number of benzene rings is 4. The Morgan fingerprint density at radius 3 is 2.05 bits per heavy atom. The molecule has 1 amide bonds. The minimum Gasteiger partial charge on any atom is -0.449 e. The first-order chi connectivity index (χ1) is 20.3. The highest BCUT2D eigenvalue weighted by Gasteiger charge is 2.26. The molecule has 5 aromatic rings. The summed E-state index contributed by atoms with van der Waals surface area (Å²) in [5.41, 5.74) is 4.99. The minimum absolute atomic E-state index is 0.218. The van der Waals surface area contributed by atoms with Crippen molar-refractivity contribution in [1.82, 2.24) is 14.7 Å². The van der Waals surface area contributed by atoms with E-state index in [1.165, 1.54) is 0 Å². The number of aryl methyl sites for hydroxylation is 2. The summed E-state index contributed by atoms with van der Waals surface area (Å²) < 4.78 is 8.75. The number of hydrogen-bond donors (Lipinski definition) is 1. The summed E-state index contributed by atoms with van der Waals surface area (Å²) in [6.45, 7) is 8.64. The molecule has 1 heterocycles. The van der Waals surface area contributed by atoms with E-state index in [0.717, 1.165) is 32.5 Å². The zero-order valence-corrected chi connectivity index (χ0v) is 24.3. The number of amides is 1. The maximum atomic E-state index is 13.8. The topological polar surface area (TPSA) is 82.3 Å². The Kier molecular flexibility index (Phi) is 8.38. The Balaban J connectivity index is 1.51. The maximum absolute atomic E-state index is 13.8. The molecule has 0 aliphatic rings. The fraction of sp³-hybridized carbons (Fsp3) is 0.229. The standard InChI is InChI=1S/C35H35N3O4/c1-5-37-31-28(33(39)38(37)35(41)36-22-30-24(4)14-12-19-27(30)23(2)3)20-13-21-29(31)34(40)42-32(25-15-8-6-9-16-25)26-17-10-7-11-18-26/h6-21,23,32H,5,22H2,1-4H3,(H,36,41). The average Bonchev–Trinajstić information content (AvgIpc) is 3.31. The Morgan fingerprint density at radius 1 is 0.833 bits per heavy atom. The summed E-state index contributed by atoms with van der Waals surface area (Å²) in [7, 11) is 0. The quantitative estimate of drug-likeness (QED) is 0.208. The summed E-state index contributed by atoms with van der Waals surface area (Å²) in [4.78, 5) is 40.9. The van der Waals surface area contributed by atoms with Crippen LogP contribution in [-0.2, 0) is 17.8 Å². The number of carbonyl (C=O) groups excluding carboxylic acids is 2. The molecule has 0 aliphatic heterocycles. The molecular formula is C35H35N3O4. The lowest BCUT2D eigenvalue weighted by atomic mass is 9.94. The van der Waals surface area contributed by atoms with Crippen LogP contribution in [0.15, 0.2) is 102 Å². The number of esters is 1. The molecule has 0 radical (unpaired) electrons. The van der Waals surface area contributed by atoms with E-state index in [-0.39, 0.29) is 23.4 Å². The van der Waals surface area contributed by atoms with Crippen molar-refractivity contribution in [2.45, 2.75) is 52.8 Å². The molecule has 7 heteroatoms. The molecule has 0 aliphatic carbocycles. The van der Waals surface area contributed by atoms with Crippen molar-refractivity contribution in [3.63, 3.8) is 0 Å². The smallest absolute Gasteiger partial charge is 0.344 e. The molecule has 0 bridgehead atoms. The van der Waals surface area contributed by atoms with Crippen LogP contribution in [0.1, 0.15) is 71.0 Å². The van der Waals surface area contributed by atoms with E-state index < -0.39 is 23.7 Å². The molecule has 0 atom stereocenters. The number of nitrogens with one attached hydrogen (secondary N) is 1. The Hall–Kier alpha value is -4.91. The summed E-state index contributed by atoms with van der Waals surface area (Å²) in [5, 5.41) is 3.21. The lowest BCUT2D eigenvalue weighted by Crippen LogP contribution is -2.38. The average molecular weight is 562 g/mol. The first-order valence-corrected chi connectivity index (χ1v) is 14.2. The van der Waals surface area contributed by atoms with E-state index in [0.29, 0.717) is 12.1 Å². The van der Waals surface area contributed by atoms with Gasteiger partial charge in [0.15, 0.2) is 6.10 Å². The van der Waals surface area contributed by atoms with Gasteiger partial charge < -0.3 is 10.1 Å². The van der Waals surface area contributed by atoms with Gasteiger partial charge in [0.2, 0.25) is 0 Å². The number of ether oxygens (including phenoxy) is 1. The van der Waals surface area contributed by atoms with E-state index in [1.807, 2.05) is 86.6 Å². The van der Waals surface area contributed by atoms with E-state index in [9.17, 15) is 14.4 Å². The highest BCUT2D eigenvalue weighted by Crippen LogP contribution is 2.29. The number of hydrogen-bond acceptors (Lipinski definition) is 4. The van der Waals surface area contributed by atoms with Crippen LogP contribution in [0, 0.1) is 6.92 Å². The summed E-state index contributed by atoms with van der Waals surface area (Å²) >= 11 is 0. The number of fused-ring (bicyclic) bond motifs is 1. The summed E-state index contributed by atoms with van der Waals surface area (Å²) in [6, 6.07) is 29.5. The number of rotatable bonds is 8. The molecule has 0 spiro atoms. The van der Waals surface area contributed by atoms with E-state index >= 15 is 0 Å². The first-order valence-electron chi connectivity index (χ1n) is 14.2. The van der Waals surface area contributed by atoms with E-state index in [2.05, 4.69) is 25.2 Å². The third kappa shape index (κ3) is 5.50. The van der Waals surface area contributed by atoms with Gasteiger partial charge >= 0.3 is 12.0 Å². The van der Waals surface area contributed by atoms with Crippen LogP contribution in [0.3, 0.4) is 0 Å². The van der Waals surface area contributed by atoms with Crippen molar-refractivity contribution in [3.05, 3.63) is 141 Å². The van der Waals surface area contributed by atoms with Gasteiger partial charge in [-0.25, -0.2) is 9.59 Å². The largest absolute Gasteiger partial charge is 0.449 e. The molecule has 7 nitrogen and oxygen atoms in total. The van der Waals surface area contributed by atoms with Crippen LogP contribution in [0.5, 0.6) is 0 Å². The second-order valence-corrected chi connectivity index (χ2v) is 10.6. The molecule has 0 fully saturated rings. The van der Waals surface area contributed by atoms with Crippen LogP contribution in [0.2, 0.25) is 0 Å². The Morgan fingerprint density at radius 2 is 1.45 bits per heavy atom. The molecule has 1 N–H and O–H groups in total. The van der Waals surface area contributed by atoms with Crippen molar-refractivity contribution in [3.8, 4) is 0 Å². The maximum Gasteiger partial charge on any atom is 0.344 e. The van der Waals surface area contributed by atoms with Gasteiger partial charge in [0, 0.05) is 13.1 Å². The van der Waals surface area contributed by atoms with Crippen LogP contribution < -0.4 is 10.9 Å². The Bertz CT molecular complexity index is 1750. The van der Waals surface area contributed by atoms with Gasteiger partial charge in [-0.2, -0.15) is 4.68 Å². The second-order valence-electron chi connectivity index (χ2n) is 10.6. The molecule has 42 heavy (non-hydrogen) atoms. The monoisotopic (exact) mass is 561 g/mol. The SMILES string of the molecule is CCn1c2c(C(=O)OC(c3ccccc3)c3ccccc3)cccc2c(=O)n1C(=O)NCc1c(C)cccc1C(C)C. The molecule has 214 valence electrons. The van der Waals surface area contributed by atoms with E-state index in [1.54, 1.807) is 22.9 Å². The second kappa shape index (κ2) is 12.3. The van der Waals surface area contributed by atoms with Crippen molar-refractivity contribution in [2.75, 3.05) is 0 Å². The summed E-state index contributed by atoms with van der Waals surface area (Å²) in [6.07, 6.45) is -0.647. The van der Waals surface area contributed by atoms with Crippen molar-refractivity contribution < 1.29 is 14.3 Å². The minimum atomic E-state index is -0.647. The van der Waals surface area contributed by atoms with Crippen molar-refractivity contribution in [2.24, 2.45) is 0 Å². The highest BCUT2D eigenvalue weighted by molar-refractivity contribution is 6.03. The lowest BCUT2D eigenvalue weighted by Gasteiger charge is -2.20. The van der Waals surface area contributed by atoms with Crippen molar-refractivity contribution in [1.29, 1.82) is 0 Å². The molecule has 0 saturated heterocycles. The highest BCUT2D eigenvalue weighted by atomic mass is 16.5. The number of nitrogens with zero attached hydrogens (tertiary/aromatic N) is 2. The van der Waals surface area contributed by atoms with Gasteiger partial charge in [0.1, 0.15) is 0 Å². The van der Waals surface area contributed by atoms with Crippen LogP contribution in [0.4, 0.5) is 4.79 Å². The molecule has 4 aromatic carbocycles. The predicted molar refractivity (Wildman–Crippen MR) is 165 cm³/mol. The lowest BCUT2D eigenvalue weighted by molar-refractivity contribution is 0.0379. The van der Waals surface area contributed by atoms with Gasteiger partial charge in [-0.15, -0.1) is 0 Å². The normalized spacial score (nSPS) is 11.3. The molecule has 0 saturated carbocycles. The molecular weight excluding hydrogens is 526 g/mol. The summed E-state index contributed by atoms with van der Waals surface area (Å²) in [5.74, 6) is -0.301. The van der Waals surface area contributed by atoms with Gasteiger partial charge in [0.25, 0.3) is 5.56 Å². The third-order valence-corrected chi connectivity index (χ3v) is 7.58. The number of carbonyl (C=O) groups is 2. The zero-order chi connectivity index (χ0) is 29.8. The molecule has 0 unspecified atom stereocenters. The van der Waals surface area contributed by atoms with E-state index in [4.69, 9.17) is 4.74 Å². The number of para-hydroxylation sites is 1. The molecule has 5 rings (SSSR count). The molecule has 1 aromatic heterocycles. The number of aromatic nitrogens is 2.